The van der Waals surface area contributed by atoms with Crippen LogP contribution < -0.4 is 14.4 Å². The number of anilines is 1. The molecule has 5 rings (SSSR count). The van der Waals surface area contributed by atoms with Crippen LogP contribution in [0.4, 0.5) is 5.13 Å². The van der Waals surface area contributed by atoms with Gasteiger partial charge in [0, 0.05) is 17.5 Å². The highest BCUT2D eigenvalue weighted by molar-refractivity contribution is 7.17. The minimum Gasteiger partial charge on any atom is -0.507 e. The smallest absolute Gasteiger partial charge is 0.350 e. The Hall–Kier alpha value is -4.18. The minimum absolute atomic E-state index is 0.00258. The normalized spacial score (nSPS) is 19.6. The van der Waals surface area contributed by atoms with Crippen LogP contribution in [0.3, 0.4) is 0 Å². The standard InChI is InChI=1S/C29H28N2O7S/c1-5-36-21-10-8-7-9-19(21)23-22(24(32)17-11-12-20-18(14-17)13-15(3)38-20)25(33)27(34)31(23)29-30-16(4)26(39-29)28(35)37-6-2/h7-12,14-15,23,32H,5-6,13H2,1-4H3. The summed E-state index contributed by atoms with van der Waals surface area (Å²) in [6.07, 6.45) is 0.666. The molecule has 0 aliphatic carbocycles. The predicted octanol–water partition coefficient (Wildman–Crippen LogP) is 4.98. The number of nitrogens with zero attached hydrogens (tertiary/aromatic N) is 2. The number of esters is 1. The summed E-state index contributed by atoms with van der Waals surface area (Å²) in [5, 5.41) is 11.7. The van der Waals surface area contributed by atoms with Crippen molar-refractivity contribution < 1.29 is 33.7 Å². The maximum Gasteiger partial charge on any atom is 0.350 e. The van der Waals surface area contributed by atoms with Gasteiger partial charge in [-0.2, -0.15) is 0 Å². The van der Waals surface area contributed by atoms with Gasteiger partial charge in [-0.25, -0.2) is 9.78 Å². The summed E-state index contributed by atoms with van der Waals surface area (Å²) in [5.41, 5.74) is 2.08. The van der Waals surface area contributed by atoms with E-state index >= 15 is 0 Å². The van der Waals surface area contributed by atoms with Gasteiger partial charge < -0.3 is 19.3 Å². The topological polar surface area (TPSA) is 115 Å². The first kappa shape index (κ1) is 26.4. The summed E-state index contributed by atoms with van der Waals surface area (Å²) < 4.78 is 16.8. The number of aliphatic hydroxyl groups is 1. The Morgan fingerprint density at radius 1 is 1.18 bits per heavy atom. The van der Waals surface area contributed by atoms with Crippen molar-refractivity contribution in [3.05, 3.63) is 75.3 Å². The Balaban J connectivity index is 1.70. The molecule has 2 unspecified atom stereocenters. The number of Topliss-reactive ketones (excluding diaryl/α,β-unsaturated/α-hetero) is 1. The largest absolute Gasteiger partial charge is 0.507 e. The molecule has 1 N–H and O–H groups in total. The van der Waals surface area contributed by atoms with Crippen molar-refractivity contribution in [2.24, 2.45) is 0 Å². The number of hydrogen-bond donors (Lipinski definition) is 1. The number of para-hydroxylation sites is 1. The van der Waals surface area contributed by atoms with Crippen LogP contribution in [0.5, 0.6) is 11.5 Å². The number of ketones is 1. The second-order valence-electron chi connectivity index (χ2n) is 9.23. The number of thiazole rings is 1. The Morgan fingerprint density at radius 2 is 1.95 bits per heavy atom. The van der Waals surface area contributed by atoms with Crippen LogP contribution in [0.25, 0.3) is 5.76 Å². The molecule has 2 aliphatic heterocycles. The summed E-state index contributed by atoms with van der Waals surface area (Å²) in [5.74, 6) is -1.42. The van der Waals surface area contributed by atoms with Gasteiger partial charge in [-0.05, 0) is 57.5 Å². The van der Waals surface area contributed by atoms with E-state index in [2.05, 4.69) is 4.98 Å². The zero-order valence-electron chi connectivity index (χ0n) is 22.0. The Labute approximate surface area is 229 Å². The fourth-order valence-electron chi connectivity index (χ4n) is 4.91. The van der Waals surface area contributed by atoms with E-state index < -0.39 is 23.7 Å². The van der Waals surface area contributed by atoms with Gasteiger partial charge in [-0.1, -0.05) is 29.5 Å². The number of fused-ring (bicyclic) bond motifs is 1. The van der Waals surface area contributed by atoms with Crippen LogP contribution in [0.2, 0.25) is 0 Å². The molecule has 0 bridgehead atoms. The molecular formula is C29H28N2O7S. The molecule has 1 saturated heterocycles. The van der Waals surface area contributed by atoms with Crippen LogP contribution in [0.1, 0.15) is 58.9 Å². The number of carbonyl (C=O) groups excluding carboxylic acids is 3. The van der Waals surface area contributed by atoms with Crippen molar-refractivity contribution in [2.75, 3.05) is 18.1 Å². The second-order valence-corrected chi connectivity index (χ2v) is 10.2. The van der Waals surface area contributed by atoms with Crippen LogP contribution in [0.15, 0.2) is 48.0 Å². The first-order valence-corrected chi connectivity index (χ1v) is 13.5. The number of aliphatic hydroxyl groups excluding tert-OH is 1. The number of amides is 1. The molecule has 2 aromatic carbocycles. The van der Waals surface area contributed by atoms with Crippen LogP contribution in [0, 0.1) is 6.92 Å². The number of aryl methyl sites for hydroxylation is 1. The van der Waals surface area contributed by atoms with Crippen molar-refractivity contribution in [3.63, 3.8) is 0 Å². The third-order valence-corrected chi connectivity index (χ3v) is 7.72. The molecule has 1 amide bonds. The number of hydrogen-bond acceptors (Lipinski definition) is 9. The van der Waals surface area contributed by atoms with E-state index in [1.807, 2.05) is 13.8 Å². The molecule has 9 nitrogen and oxygen atoms in total. The molecule has 10 heteroatoms. The van der Waals surface area contributed by atoms with Gasteiger partial charge >= 0.3 is 11.9 Å². The molecule has 2 atom stereocenters. The van der Waals surface area contributed by atoms with E-state index in [0.29, 0.717) is 35.6 Å². The maximum absolute atomic E-state index is 13.6. The van der Waals surface area contributed by atoms with Crippen molar-refractivity contribution in [1.29, 1.82) is 0 Å². The first-order chi connectivity index (χ1) is 18.7. The predicted molar refractivity (Wildman–Crippen MR) is 145 cm³/mol. The summed E-state index contributed by atoms with van der Waals surface area (Å²) >= 11 is 0.960. The van der Waals surface area contributed by atoms with Crippen LogP contribution in [-0.2, 0) is 20.7 Å². The summed E-state index contributed by atoms with van der Waals surface area (Å²) in [6.45, 7) is 7.66. The van der Waals surface area contributed by atoms with E-state index in [9.17, 15) is 19.5 Å². The number of ether oxygens (including phenoxy) is 3. The van der Waals surface area contributed by atoms with E-state index in [0.717, 1.165) is 22.6 Å². The molecule has 0 radical (unpaired) electrons. The first-order valence-electron chi connectivity index (χ1n) is 12.7. The summed E-state index contributed by atoms with van der Waals surface area (Å²) in [6, 6.07) is 11.2. The fraction of sp³-hybridized carbons (Fsp3) is 0.310. The van der Waals surface area contributed by atoms with Gasteiger partial charge in [0.25, 0.3) is 5.78 Å². The molecule has 0 spiro atoms. The van der Waals surface area contributed by atoms with Crippen molar-refractivity contribution in [2.45, 2.75) is 46.3 Å². The van der Waals surface area contributed by atoms with E-state index in [1.54, 1.807) is 56.3 Å². The van der Waals surface area contributed by atoms with Crippen molar-refractivity contribution in [3.8, 4) is 11.5 Å². The molecule has 1 fully saturated rings. The molecular weight excluding hydrogens is 520 g/mol. The van der Waals surface area contributed by atoms with Gasteiger partial charge in [-0.15, -0.1) is 0 Å². The molecule has 2 aliphatic rings. The van der Waals surface area contributed by atoms with Gasteiger partial charge in [0.2, 0.25) is 0 Å². The zero-order valence-corrected chi connectivity index (χ0v) is 22.8. The fourth-order valence-corrected chi connectivity index (χ4v) is 5.90. The maximum atomic E-state index is 13.6. The molecule has 3 aromatic rings. The third-order valence-electron chi connectivity index (χ3n) is 6.58. The lowest BCUT2D eigenvalue weighted by Gasteiger charge is -2.24. The lowest BCUT2D eigenvalue weighted by atomic mass is 9.94. The average Bonchev–Trinajstić information content (AvgIpc) is 3.56. The number of carbonyl (C=O) groups is 3. The molecule has 3 heterocycles. The SMILES string of the molecule is CCOC(=O)c1sc(N2C(=O)C(=O)C(=C(O)c3ccc4c(c3)CC(C)O4)C2c2ccccc2OCC)nc1C. The third kappa shape index (κ3) is 4.65. The van der Waals surface area contributed by atoms with Gasteiger partial charge in [0.05, 0.1) is 24.5 Å². The quantitative estimate of drug-likeness (QED) is 0.190. The van der Waals surface area contributed by atoms with E-state index in [-0.39, 0.29) is 34.1 Å². The van der Waals surface area contributed by atoms with Crippen molar-refractivity contribution >= 4 is 39.9 Å². The monoisotopic (exact) mass is 548 g/mol. The Kier molecular flexibility index (Phi) is 7.14. The average molecular weight is 549 g/mol. The van der Waals surface area contributed by atoms with E-state index in [4.69, 9.17) is 14.2 Å². The number of aromatic nitrogens is 1. The number of rotatable bonds is 7. The van der Waals surface area contributed by atoms with Crippen LogP contribution >= 0.6 is 11.3 Å². The van der Waals surface area contributed by atoms with Gasteiger partial charge in [-0.3, -0.25) is 14.5 Å². The van der Waals surface area contributed by atoms with Gasteiger partial charge in [0.1, 0.15) is 34.3 Å². The highest BCUT2D eigenvalue weighted by Gasteiger charge is 2.49. The Bertz CT molecular complexity index is 1510. The van der Waals surface area contributed by atoms with E-state index in [1.165, 1.54) is 4.90 Å². The lowest BCUT2D eigenvalue weighted by Crippen LogP contribution is -2.29. The molecule has 202 valence electrons. The number of benzene rings is 2. The molecule has 0 saturated carbocycles. The van der Waals surface area contributed by atoms with Crippen molar-refractivity contribution in [1.82, 2.24) is 4.98 Å². The van der Waals surface area contributed by atoms with Gasteiger partial charge in [0.15, 0.2) is 5.13 Å². The summed E-state index contributed by atoms with van der Waals surface area (Å²) in [4.78, 5) is 45.6. The minimum atomic E-state index is -1.04. The molecule has 1 aromatic heterocycles. The highest BCUT2D eigenvalue weighted by Crippen LogP contribution is 2.46. The zero-order chi connectivity index (χ0) is 27.8. The Morgan fingerprint density at radius 3 is 2.69 bits per heavy atom. The van der Waals surface area contributed by atoms with Crippen LogP contribution in [-0.4, -0.2) is 47.1 Å². The highest BCUT2D eigenvalue weighted by atomic mass is 32.1. The molecule has 39 heavy (non-hydrogen) atoms. The lowest BCUT2D eigenvalue weighted by molar-refractivity contribution is -0.132. The second kappa shape index (κ2) is 10.5. The summed E-state index contributed by atoms with van der Waals surface area (Å²) in [7, 11) is 0.